The summed E-state index contributed by atoms with van der Waals surface area (Å²) in [4.78, 5) is 6.63. The highest BCUT2D eigenvalue weighted by molar-refractivity contribution is 5.44. The van der Waals surface area contributed by atoms with Gasteiger partial charge < -0.3 is 10.2 Å². The summed E-state index contributed by atoms with van der Waals surface area (Å²) in [6.07, 6.45) is 6.50. The molecule has 0 saturated carbocycles. The van der Waals surface area contributed by atoms with E-state index in [-0.39, 0.29) is 0 Å². The first kappa shape index (κ1) is 9.16. The molecule has 1 aromatic rings. The van der Waals surface area contributed by atoms with Crippen molar-refractivity contribution in [3.05, 3.63) is 24.5 Å². The second kappa shape index (κ2) is 3.81. The zero-order chi connectivity index (χ0) is 10.1. The molecule has 2 saturated heterocycles. The van der Waals surface area contributed by atoms with Crippen LogP contribution in [0.5, 0.6) is 0 Å². The van der Waals surface area contributed by atoms with E-state index < -0.39 is 0 Å². The number of nitrogens with one attached hydrogen (secondary N) is 1. The molecule has 2 aliphatic heterocycles. The van der Waals surface area contributed by atoms with E-state index in [1.165, 1.54) is 31.6 Å². The van der Waals surface area contributed by atoms with Gasteiger partial charge in [0.25, 0.3) is 0 Å². The molecule has 2 fully saturated rings. The van der Waals surface area contributed by atoms with Crippen LogP contribution in [0.4, 0.5) is 5.69 Å². The summed E-state index contributed by atoms with van der Waals surface area (Å²) in [7, 11) is 0. The molecule has 2 aliphatic rings. The van der Waals surface area contributed by atoms with Gasteiger partial charge in [0.2, 0.25) is 0 Å². The largest absolute Gasteiger partial charge is 0.369 e. The Kier molecular flexibility index (Phi) is 2.33. The average Bonchev–Trinajstić information content (AvgIpc) is 2.77. The third kappa shape index (κ3) is 1.72. The molecule has 0 radical (unpaired) electrons. The van der Waals surface area contributed by atoms with Crippen LogP contribution in [-0.4, -0.2) is 30.7 Å². The molecular weight excluding hydrogens is 186 g/mol. The SMILES string of the molecule is c1cncc(N2CC[C@@H]3CCN[C@@H]3C2)c1. The van der Waals surface area contributed by atoms with Crippen molar-refractivity contribution in [2.24, 2.45) is 5.92 Å². The highest BCUT2D eigenvalue weighted by Gasteiger charge is 2.32. The molecule has 0 amide bonds. The van der Waals surface area contributed by atoms with Gasteiger partial charge in [0.1, 0.15) is 0 Å². The van der Waals surface area contributed by atoms with Gasteiger partial charge in [-0.1, -0.05) is 0 Å². The maximum atomic E-state index is 4.18. The van der Waals surface area contributed by atoms with E-state index in [4.69, 9.17) is 0 Å². The molecule has 0 spiro atoms. The Balaban J connectivity index is 1.74. The molecule has 3 nitrogen and oxygen atoms in total. The second-order valence-corrected chi connectivity index (χ2v) is 4.56. The summed E-state index contributed by atoms with van der Waals surface area (Å²) >= 11 is 0. The Hall–Kier alpha value is -1.09. The van der Waals surface area contributed by atoms with Crippen molar-refractivity contribution >= 4 is 5.69 Å². The van der Waals surface area contributed by atoms with Gasteiger partial charge in [-0.25, -0.2) is 0 Å². The number of rotatable bonds is 1. The molecule has 0 unspecified atom stereocenters. The highest BCUT2D eigenvalue weighted by Crippen LogP contribution is 2.27. The molecule has 3 heterocycles. The number of fused-ring (bicyclic) bond motifs is 1. The van der Waals surface area contributed by atoms with Crippen LogP contribution in [0.1, 0.15) is 12.8 Å². The minimum Gasteiger partial charge on any atom is -0.369 e. The molecule has 1 aromatic heterocycles. The molecule has 0 bridgehead atoms. The van der Waals surface area contributed by atoms with Crippen LogP contribution < -0.4 is 10.2 Å². The molecule has 0 aromatic carbocycles. The number of aromatic nitrogens is 1. The number of nitrogens with zero attached hydrogens (tertiary/aromatic N) is 2. The molecule has 0 aliphatic carbocycles. The van der Waals surface area contributed by atoms with Crippen LogP contribution in [0.15, 0.2) is 24.5 Å². The van der Waals surface area contributed by atoms with Gasteiger partial charge in [-0.15, -0.1) is 0 Å². The van der Waals surface area contributed by atoms with Crippen molar-refractivity contribution in [2.75, 3.05) is 24.5 Å². The fourth-order valence-electron chi connectivity index (χ4n) is 2.81. The molecule has 3 rings (SSSR count). The lowest BCUT2D eigenvalue weighted by atomic mass is 9.92. The lowest BCUT2D eigenvalue weighted by Crippen LogP contribution is -2.46. The third-order valence-corrected chi connectivity index (χ3v) is 3.69. The average molecular weight is 203 g/mol. The normalized spacial score (nSPS) is 30.3. The number of piperidine rings is 1. The summed E-state index contributed by atoms with van der Waals surface area (Å²) < 4.78 is 0. The monoisotopic (exact) mass is 203 g/mol. The lowest BCUT2D eigenvalue weighted by Gasteiger charge is -2.36. The number of hydrogen-bond donors (Lipinski definition) is 1. The first-order valence-electron chi connectivity index (χ1n) is 5.82. The number of anilines is 1. The minimum atomic E-state index is 0.707. The highest BCUT2D eigenvalue weighted by atomic mass is 15.2. The van der Waals surface area contributed by atoms with Gasteiger partial charge in [-0.3, -0.25) is 4.98 Å². The van der Waals surface area contributed by atoms with Crippen LogP contribution in [0.2, 0.25) is 0 Å². The lowest BCUT2D eigenvalue weighted by molar-refractivity contribution is 0.373. The van der Waals surface area contributed by atoms with Gasteiger partial charge in [0.05, 0.1) is 11.9 Å². The van der Waals surface area contributed by atoms with E-state index in [0.29, 0.717) is 6.04 Å². The Labute approximate surface area is 90.5 Å². The van der Waals surface area contributed by atoms with Gasteiger partial charge in [0, 0.05) is 25.3 Å². The summed E-state index contributed by atoms with van der Waals surface area (Å²) in [5, 5.41) is 3.60. The fraction of sp³-hybridized carbons (Fsp3) is 0.583. The summed E-state index contributed by atoms with van der Waals surface area (Å²) in [5.41, 5.74) is 1.27. The predicted molar refractivity (Wildman–Crippen MR) is 61.0 cm³/mol. The molecule has 3 heteroatoms. The van der Waals surface area contributed by atoms with Gasteiger partial charge >= 0.3 is 0 Å². The molecular formula is C12H17N3. The molecule has 15 heavy (non-hydrogen) atoms. The Morgan fingerprint density at radius 3 is 3.27 bits per heavy atom. The Bertz CT molecular complexity index is 325. The molecule has 2 atom stereocenters. The van der Waals surface area contributed by atoms with Crippen LogP contribution in [-0.2, 0) is 0 Å². The second-order valence-electron chi connectivity index (χ2n) is 4.56. The first-order valence-corrected chi connectivity index (χ1v) is 5.82. The van der Waals surface area contributed by atoms with Crippen LogP contribution in [0.25, 0.3) is 0 Å². The molecule has 80 valence electrons. The minimum absolute atomic E-state index is 0.707. The fourth-order valence-corrected chi connectivity index (χ4v) is 2.81. The van der Waals surface area contributed by atoms with Crippen LogP contribution >= 0.6 is 0 Å². The van der Waals surface area contributed by atoms with Crippen molar-refractivity contribution in [2.45, 2.75) is 18.9 Å². The zero-order valence-corrected chi connectivity index (χ0v) is 8.89. The standard InChI is InChI=1S/C12H17N3/c1-2-11(8-13-5-1)15-7-4-10-3-6-14-12(10)9-15/h1-2,5,8,10,12,14H,3-4,6-7,9H2/t10-,12+/m0/s1. The van der Waals surface area contributed by atoms with Crippen molar-refractivity contribution in [1.82, 2.24) is 10.3 Å². The van der Waals surface area contributed by atoms with E-state index in [1.54, 1.807) is 0 Å². The number of pyridine rings is 1. The first-order chi connectivity index (χ1) is 7.43. The zero-order valence-electron chi connectivity index (χ0n) is 8.89. The maximum absolute atomic E-state index is 4.18. The molecule has 1 N–H and O–H groups in total. The van der Waals surface area contributed by atoms with Crippen molar-refractivity contribution in [3.63, 3.8) is 0 Å². The summed E-state index contributed by atoms with van der Waals surface area (Å²) in [6.45, 7) is 3.54. The van der Waals surface area contributed by atoms with E-state index in [2.05, 4.69) is 21.3 Å². The van der Waals surface area contributed by atoms with Crippen LogP contribution in [0.3, 0.4) is 0 Å². The topological polar surface area (TPSA) is 28.2 Å². The van der Waals surface area contributed by atoms with E-state index in [0.717, 1.165) is 12.5 Å². The van der Waals surface area contributed by atoms with Gasteiger partial charge in [0.15, 0.2) is 0 Å². The van der Waals surface area contributed by atoms with Crippen LogP contribution in [0, 0.1) is 5.92 Å². The van der Waals surface area contributed by atoms with E-state index >= 15 is 0 Å². The van der Waals surface area contributed by atoms with Gasteiger partial charge in [-0.05, 0) is 37.4 Å². The summed E-state index contributed by atoms with van der Waals surface area (Å²) in [6, 6.07) is 4.88. The predicted octanol–water partition coefficient (Wildman–Crippen LogP) is 1.27. The van der Waals surface area contributed by atoms with E-state index in [1.807, 2.05) is 18.5 Å². The maximum Gasteiger partial charge on any atom is 0.0553 e. The number of hydrogen-bond acceptors (Lipinski definition) is 3. The van der Waals surface area contributed by atoms with Crippen molar-refractivity contribution < 1.29 is 0 Å². The van der Waals surface area contributed by atoms with Gasteiger partial charge in [-0.2, -0.15) is 0 Å². The quantitative estimate of drug-likeness (QED) is 0.745. The van der Waals surface area contributed by atoms with E-state index in [9.17, 15) is 0 Å². The van der Waals surface area contributed by atoms with Crippen molar-refractivity contribution in [1.29, 1.82) is 0 Å². The summed E-state index contributed by atoms with van der Waals surface area (Å²) in [5.74, 6) is 0.915. The third-order valence-electron chi connectivity index (χ3n) is 3.69. The Morgan fingerprint density at radius 1 is 1.40 bits per heavy atom. The smallest absolute Gasteiger partial charge is 0.0553 e. The van der Waals surface area contributed by atoms with Crippen molar-refractivity contribution in [3.8, 4) is 0 Å². The Morgan fingerprint density at radius 2 is 2.40 bits per heavy atom.